The number of aromatic nitrogens is 2. The Bertz CT molecular complexity index is 890. The number of nitrogens with zero attached hydrogens (tertiary/aromatic N) is 1. The molecule has 0 aliphatic rings. The van der Waals surface area contributed by atoms with Crippen molar-refractivity contribution in [3.05, 3.63) is 58.6 Å². The molecule has 0 saturated heterocycles. The predicted molar refractivity (Wildman–Crippen MR) is 102 cm³/mol. The van der Waals surface area contributed by atoms with E-state index in [-0.39, 0.29) is 0 Å². The number of aromatic amines is 1. The molecule has 128 valence electrons. The van der Waals surface area contributed by atoms with Crippen LogP contribution in [0.25, 0.3) is 11.3 Å². The van der Waals surface area contributed by atoms with Crippen LogP contribution in [0, 0.1) is 6.92 Å². The van der Waals surface area contributed by atoms with Crippen molar-refractivity contribution in [2.24, 2.45) is 0 Å². The molecule has 0 bridgehead atoms. The van der Waals surface area contributed by atoms with E-state index in [0.29, 0.717) is 5.69 Å². The minimum absolute atomic E-state index is 0.494. The Labute approximate surface area is 153 Å². The summed E-state index contributed by atoms with van der Waals surface area (Å²) >= 11 is 3.43. The molecule has 0 unspecified atom stereocenters. The first-order chi connectivity index (χ1) is 12.0. The topological polar surface area (TPSA) is 79.0 Å². The van der Waals surface area contributed by atoms with Crippen LogP contribution in [0.4, 0.5) is 22.0 Å². The molecule has 6 nitrogen and oxygen atoms in total. The number of benzene rings is 2. The van der Waals surface area contributed by atoms with Gasteiger partial charge in [0.15, 0.2) is 5.82 Å². The largest absolute Gasteiger partial charge is 0.453 e. The van der Waals surface area contributed by atoms with Gasteiger partial charge in [0.05, 0.1) is 12.8 Å². The quantitative estimate of drug-likeness (QED) is 0.570. The van der Waals surface area contributed by atoms with Gasteiger partial charge >= 0.3 is 6.09 Å². The maximum Gasteiger partial charge on any atom is 0.411 e. The van der Waals surface area contributed by atoms with Crippen LogP contribution in [-0.4, -0.2) is 23.4 Å². The van der Waals surface area contributed by atoms with Gasteiger partial charge in [0.1, 0.15) is 0 Å². The number of carbonyl (C=O) groups is 1. The third-order valence-electron chi connectivity index (χ3n) is 3.65. The number of anilines is 3. The monoisotopic (exact) mass is 400 g/mol. The Balaban J connectivity index is 1.74. The molecule has 3 aromatic rings. The van der Waals surface area contributed by atoms with Crippen molar-refractivity contribution in [2.45, 2.75) is 6.92 Å². The molecule has 2 aromatic carbocycles. The molecule has 3 rings (SSSR count). The van der Waals surface area contributed by atoms with E-state index < -0.39 is 6.09 Å². The van der Waals surface area contributed by atoms with E-state index in [9.17, 15) is 4.79 Å². The van der Waals surface area contributed by atoms with E-state index in [1.165, 1.54) is 7.11 Å². The standard InChI is InChI=1S/C18H17BrN4O2/c1-11-9-14(20-18(24)25-2)7-8-15(11)21-17-10-16(22-23-17)12-3-5-13(19)6-4-12/h3-10H,1-2H3,(H,20,24)(H2,21,22,23). The molecule has 0 radical (unpaired) electrons. The second-order valence-corrected chi connectivity index (χ2v) is 6.36. The first-order valence-corrected chi connectivity index (χ1v) is 8.38. The molecule has 1 amide bonds. The normalized spacial score (nSPS) is 10.4. The minimum atomic E-state index is -0.494. The maximum absolute atomic E-state index is 11.3. The molecule has 0 aliphatic heterocycles. The van der Waals surface area contributed by atoms with E-state index in [4.69, 9.17) is 0 Å². The van der Waals surface area contributed by atoms with E-state index >= 15 is 0 Å². The molecule has 1 heterocycles. The van der Waals surface area contributed by atoms with Crippen LogP contribution in [-0.2, 0) is 4.74 Å². The van der Waals surface area contributed by atoms with Crippen LogP contribution in [0.1, 0.15) is 5.56 Å². The van der Waals surface area contributed by atoms with Gasteiger partial charge in [-0.1, -0.05) is 28.1 Å². The molecule has 0 aliphatic carbocycles. The second kappa shape index (κ2) is 7.40. The number of H-pyrrole nitrogens is 1. The third kappa shape index (κ3) is 4.19. The predicted octanol–water partition coefficient (Wildman–Crippen LogP) is 5.07. The zero-order chi connectivity index (χ0) is 17.8. The van der Waals surface area contributed by atoms with Crippen molar-refractivity contribution in [3.8, 4) is 11.3 Å². The van der Waals surface area contributed by atoms with E-state index in [2.05, 4.69) is 41.5 Å². The molecule has 25 heavy (non-hydrogen) atoms. The van der Waals surface area contributed by atoms with Gasteiger partial charge in [-0.3, -0.25) is 10.4 Å². The van der Waals surface area contributed by atoms with Gasteiger partial charge in [-0.15, -0.1) is 0 Å². The van der Waals surface area contributed by atoms with Crippen LogP contribution in [0.15, 0.2) is 53.0 Å². The summed E-state index contributed by atoms with van der Waals surface area (Å²) in [5.74, 6) is 0.717. The lowest BCUT2D eigenvalue weighted by Crippen LogP contribution is -2.11. The second-order valence-electron chi connectivity index (χ2n) is 5.45. The Morgan fingerprint density at radius 2 is 1.92 bits per heavy atom. The molecule has 0 spiro atoms. The summed E-state index contributed by atoms with van der Waals surface area (Å²) in [6.45, 7) is 1.95. The molecule has 1 aromatic heterocycles. The van der Waals surface area contributed by atoms with Gasteiger partial charge in [-0.05, 0) is 48.4 Å². The van der Waals surface area contributed by atoms with Crippen LogP contribution >= 0.6 is 15.9 Å². The Kier molecular flexibility index (Phi) is 5.04. The fraction of sp³-hybridized carbons (Fsp3) is 0.111. The van der Waals surface area contributed by atoms with Crippen molar-refractivity contribution >= 4 is 39.2 Å². The summed E-state index contributed by atoms with van der Waals surface area (Å²) in [5, 5.41) is 13.2. The van der Waals surface area contributed by atoms with Gasteiger partial charge < -0.3 is 10.1 Å². The van der Waals surface area contributed by atoms with Crippen molar-refractivity contribution in [1.29, 1.82) is 0 Å². The molecule has 0 fully saturated rings. The molecule has 0 saturated carbocycles. The molecular formula is C18H17BrN4O2. The molecule has 0 atom stereocenters. The Morgan fingerprint density at radius 1 is 1.16 bits per heavy atom. The maximum atomic E-state index is 11.3. The zero-order valence-corrected chi connectivity index (χ0v) is 15.3. The lowest BCUT2D eigenvalue weighted by atomic mass is 10.1. The number of rotatable bonds is 4. The number of halogens is 1. The number of aryl methyl sites for hydroxylation is 1. The number of carbonyl (C=O) groups excluding carboxylic acids is 1. The first kappa shape index (κ1) is 17.0. The number of methoxy groups -OCH3 is 1. The molecular weight excluding hydrogens is 384 g/mol. The van der Waals surface area contributed by atoms with Crippen LogP contribution in [0.2, 0.25) is 0 Å². The number of hydrogen-bond acceptors (Lipinski definition) is 4. The van der Waals surface area contributed by atoms with E-state index in [1.54, 1.807) is 6.07 Å². The van der Waals surface area contributed by atoms with E-state index in [1.807, 2.05) is 49.4 Å². The summed E-state index contributed by atoms with van der Waals surface area (Å²) in [6.07, 6.45) is -0.494. The summed E-state index contributed by atoms with van der Waals surface area (Å²) in [7, 11) is 1.33. The highest BCUT2D eigenvalue weighted by Crippen LogP contribution is 2.26. The lowest BCUT2D eigenvalue weighted by molar-refractivity contribution is 0.187. The highest BCUT2D eigenvalue weighted by molar-refractivity contribution is 9.10. The minimum Gasteiger partial charge on any atom is -0.453 e. The van der Waals surface area contributed by atoms with Crippen LogP contribution in [0.5, 0.6) is 0 Å². The Morgan fingerprint density at radius 3 is 2.60 bits per heavy atom. The van der Waals surface area contributed by atoms with Gasteiger partial charge in [-0.25, -0.2) is 4.79 Å². The van der Waals surface area contributed by atoms with Crippen molar-refractivity contribution in [3.63, 3.8) is 0 Å². The average molecular weight is 401 g/mol. The summed E-state index contributed by atoms with van der Waals surface area (Å²) in [4.78, 5) is 11.3. The van der Waals surface area contributed by atoms with Gasteiger partial charge in [-0.2, -0.15) is 5.10 Å². The zero-order valence-electron chi connectivity index (χ0n) is 13.8. The number of ether oxygens (including phenoxy) is 1. The smallest absolute Gasteiger partial charge is 0.411 e. The van der Waals surface area contributed by atoms with Gasteiger partial charge in [0.2, 0.25) is 0 Å². The molecule has 3 N–H and O–H groups in total. The number of nitrogens with one attached hydrogen (secondary N) is 3. The first-order valence-electron chi connectivity index (χ1n) is 7.59. The fourth-order valence-corrected chi connectivity index (χ4v) is 2.62. The molecule has 7 heteroatoms. The van der Waals surface area contributed by atoms with Gasteiger partial charge in [0.25, 0.3) is 0 Å². The SMILES string of the molecule is COC(=O)Nc1ccc(Nc2cc(-c3ccc(Br)cc3)[nH]n2)c(C)c1. The van der Waals surface area contributed by atoms with Crippen molar-refractivity contribution in [2.75, 3.05) is 17.7 Å². The van der Waals surface area contributed by atoms with Crippen LogP contribution < -0.4 is 10.6 Å². The number of amides is 1. The highest BCUT2D eigenvalue weighted by Gasteiger charge is 2.07. The lowest BCUT2D eigenvalue weighted by Gasteiger charge is -2.09. The van der Waals surface area contributed by atoms with Crippen molar-refractivity contribution in [1.82, 2.24) is 10.2 Å². The Hall–Kier alpha value is -2.80. The highest BCUT2D eigenvalue weighted by atomic mass is 79.9. The van der Waals surface area contributed by atoms with Crippen LogP contribution in [0.3, 0.4) is 0 Å². The summed E-state index contributed by atoms with van der Waals surface area (Å²) in [5.41, 5.74) is 4.54. The number of hydrogen-bond donors (Lipinski definition) is 3. The van der Waals surface area contributed by atoms with E-state index in [0.717, 1.165) is 32.8 Å². The van der Waals surface area contributed by atoms with Gasteiger partial charge in [0, 0.05) is 21.9 Å². The fourth-order valence-electron chi connectivity index (χ4n) is 2.35. The summed E-state index contributed by atoms with van der Waals surface area (Å²) < 4.78 is 5.62. The summed E-state index contributed by atoms with van der Waals surface area (Å²) in [6, 6.07) is 15.5. The average Bonchev–Trinajstić information content (AvgIpc) is 3.06. The van der Waals surface area contributed by atoms with Crippen molar-refractivity contribution < 1.29 is 9.53 Å². The third-order valence-corrected chi connectivity index (χ3v) is 4.18.